The van der Waals surface area contributed by atoms with Crippen LogP contribution in [0.25, 0.3) is 0 Å². The van der Waals surface area contributed by atoms with E-state index in [-0.39, 0.29) is 0 Å². The third-order valence-corrected chi connectivity index (χ3v) is 2.81. The van der Waals surface area contributed by atoms with Crippen LogP contribution >= 0.6 is 11.6 Å². The van der Waals surface area contributed by atoms with Crippen LogP contribution in [0.5, 0.6) is 0 Å². The Kier molecular flexibility index (Phi) is 2.79. The van der Waals surface area contributed by atoms with Crippen LogP contribution in [0.4, 0.5) is 0 Å². The first-order valence-corrected chi connectivity index (χ1v) is 5.42. The Balaban J connectivity index is 2.01. The molecule has 0 bridgehead atoms. The molecule has 0 aliphatic heterocycles. The lowest BCUT2D eigenvalue weighted by Gasteiger charge is -2.09. The van der Waals surface area contributed by atoms with Crippen molar-refractivity contribution in [2.45, 2.75) is 25.3 Å². The molecule has 0 amide bonds. The van der Waals surface area contributed by atoms with Crippen LogP contribution in [0.3, 0.4) is 0 Å². The second kappa shape index (κ2) is 3.91. The predicted molar refractivity (Wildman–Crippen MR) is 57.8 cm³/mol. The second-order valence-electron chi connectivity index (χ2n) is 4.19. The SMILES string of the molecule is CN(C)CCn1nc(C2CC2)cc1Cl. The second-order valence-corrected chi connectivity index (χ2v) is 4.58. The normalized spacial score (nSPS) is 16.6. The molecule has 0 spiro atoms. The first-order chi connectivity index (χ1) is 6.66. The molecule has 1 fully saturated rings. The fraction of sp³-hybridized carbons (Fsp3) is 0.700. The molecule has 78 valence electrons. The quantitative estimate of drug-likeness (QED) is 0.763. The van der Waals surface area contributed by atoms with E-state index in [0.29, 0.717) is 5.92 Å². The molecule has 1 saturated carbocycles. The largest absolute Gasteiger partial charge is 0.308 e. The van der Waals surface area contributed by atoms with E-state index in [0.717, 1.165) is 18.2 Å². The predicted octanol–water partition coefficient (Wildman–Crippen LogP) is 1.98. The fourth-order valence-corrected chi connectivity index (χ4v) is 1.68. The maximum atomic E-state index is 6.08. The van der Waals surface area contributed by atoms with Gasteiger partial charge in [0.1, 0.15) is 5.15 Å². The summed E-state index contributed by atoms with van der Waals surface area (Å²) in [4.78, 5) is 2.13. The molecule has 1 heterocycles. The molecule has 2 rings (SSSR count). The molecule has 1 aliphatic rings. The highest BCUT2D eigenvalue weighted by Crippen LogP contribution is 2.39. The Morgan fingerprint density at radius 2 is 2.29 bits per heavy atom. The van der Waals surface area contributed by atoms with Gasteiger partial charge in [-0.05, 0) is 33.0 Å². The Bertz CT molecular complexity index is 315. The third kappa shape index (κ3) is 2.28. The van der Waals surface area contributed by atoms with Crippen molar-refractivity contribution in [2.75, 3.05) is 20.6 Å². The topological polar surface area (TPSA) is 21.1 Å². The van der Waals surface area contributed by atoms with Crippen LogP contribution in [0.1, 0.15) is 24.5 Å². The van der Waals surface area contributed by atoms with Crippen molar-refractivity contribution < 1.29 is 0 Å². The van der Waals surface area contributed by atoms with Gasteiger partial charge in [-0.25, -0.2) is 0 Å². The van der Waals surface area contributed by atoms with E-state index in [4.69, 9.17) is 11.6 Å². The van der Waals surface area contributed by atoms with Gasteiger partial charge in [0.05, 0.1) is 12.2 Å². The summed E-state index contributed by atoms with van der Waals surface area (Å²) < 4.78 is 1.90. The minimum Gasteiger partial charge on any atom is -0.308 e. The molecule has 0 saturated heterocycles. The zero-order valence-electron chi connectivity index (χ0n) is 8.70. The van der Waals surface area contributed by atoms with Gasteiger partial charge in [0.25, 0.3) is 0 Å². The van der Waals surface area contributed by atoms with Crippen LogP contribution in [0.2, 0.25) is 5.15 Å². The lowest BCUT2D eigenvalue weighted by atomic mass is 10.3. The van der Waals surface area contributed by atoms with Crippen molar-refractivity contribution in [2.24, 2.45) is 0 Å². The minimum atomic E-state index is 0.688. The Morgan fingerprint density at radius 1 is 1.57 bits per heavy atom. The van der Waals surface area contributed by atoms with Gasteiger partial charge in [0.15, 0.2) is 0 Å². The van der Waals surface area contributed by atoms with Gasteiger partial charge in [0.2, 0.25) is 0 Å². The van der Waals surface area contributed by atoms with Crippen molar-refractivity contribution in [3.8, 4) is 0 Å². The average Bonchev–Trinajstić information content (AvgIpc) is 2.88. The van der Waals surface area contributed by atoms with E-state index in [1.807, 2.05) is 10.7 Å². The smallest absolute Gasteiger partial charge is 0.127 e. The molecule has 0 unspecified atom stereocenters. The number of rotatable bonds is 4. The van der Waals surface area contributed by atoms with Crippen molar-refractivity contribution in [1.29, 1.82) is 0 Å². The molecule has 3 nitrogen and oxygen atoms in total. The molecule has 1 aliphatic carbocycles. The molecule has 14 heavy (non-hydrogen) atoms. The molecule has 1 aromatic heterocycles. The van der Waals surface area contributed by atoms with Crippen LogP contribution in [-0.4, -0.2) is 35.3 Å². The van der Waals surface area contributed by atoms with Gasteiger partial charge in [-0.3, -0.25) is 4.68 Å². The van der Waals surface area contributed by atoms with Gasteiger partial charge >= 0.3 is 0 Å². The summed E-state index contributed by atoms with van der Waals surface area (Å²) in [5.41, 5.74) is 1.17. The first kappa shape index (κ1) is 9.99. The van der Waals surface area contributed by atoms with E-state index >= 15 is 0 Å². The van der Waals surface area contributed by atoms with Gasteiger partial charge in [-0.1, -0.05) is 11.6 Å². The lowest BCUT2D eigenvalue weighted by Crippen LogP contribution is -2.19. The minimum absolute atomic E-state index is 0.688. The van der Waals surface area contributed by atoms with Gasteiger partial charge < -0.3 is 4.90 Å². The standard InChI is InChI=1S/C10H16ClN3/c1-13(2)5-6-14-10(11)7-9(12-14)8-3-4-8/h7-8H,3-6H2,1-2H3. The number of aromatic nitrogens is 2. The summed E-state index contributed by atoms with van der Waals surface area (Å²) in [5.74, 6) is 0.688. The number of hydrogen-bond donors (Lipinski definition) is 0. The summed E-state index contributed by atoms with van der Waals surface area (Å²) in [6.07, 6.45) is 2.56. The van der Waals surface area contributed by atoms with Crippen LogP contribution in [0.15, 0.2) is 6.07 Å². The van der Waals surface area contributed by atoms with E-state index in [1.165, 1.54) is 18.5 Å². The number of halogens is 1. The summed E-state index contributed by atoms with van der Waals surface area (Å²) in [6.45, 7) is 1.85. The van der Waals surface area contributed by atoms with E-state index in [1.54, 1.807) is 0 Å². The fourth-order valence-electron chi connectivity index (χ4n) is 1.44. The maximum absolute atomic E-state index is 6.08. The number of nitrogens with zero attached hydrogens (tertiary/aromatic N) is 3. The molecule has 0 atom stereocenters. The van der Waals surface area contributed by atoms with Crippen LogP contribution < -0.4 is 0 Å². The third-order valence-electron chi connectivity index (χ3n) is 2.50. The summed E-state index contributed by atoms with van der Waals surface area (Å²) in [6, 6.07) is 2.01. The highest BCUT2D eigenvalue weighted by Gasteiger charge is 2.26. The monoisotopic (exact) mass is 213 g/mol. The van der Waals surface area contributed by atoms with E-state index in [2.05, 4.69) is 24.1 Å². The Hall–Kier alpha value is -0.540. The number of likely N-dealkylation sites (N-methyl/N-ethyl adjacent to an activating group) is 1. The maximum Gasteiger partial charge on any atom is 0.127 e. The van der Waals surface area contributed by atoms with Gasteiger partial charge in [-0.15, -0.1) is 0 Å². The van der Waals surface area contributed by atoms with Crippen molar-refractivity contribution in [1.82, 2.24) is 14.7 Å². The van der Waals surface area contributed by atoms with Crippen LogP contribution in [0, 0.1) is 0 Å². The average molecular weight is 214 g/mol. The zero-order valence-corrected chi connectivity index (χ0v) is 9.46. The zero-order chi connectivity index (χ0) is 10.1. The molecular weight excluding hydrogens is 198 g/mol. The molecule has 0 radical (unpaired) electrons. The molecule has 1 aromatic rings. The molecular formula is C10H16ClN3. The highest BCUT2D eigenvalue weighted by atomic mass is 35.5. The molecule has 0 aromatic carbocycles. The van der Waals surface area contributed by atoms with Gasteiger partial charge in [0, 0.05) is 12.5 Å². The van der Waals surface area contributed by atoms with E-state index < -0.39 is 0 Å². The van der Waals surface area contributed by atoms with Crippen LogP contribution in [-0.2, 0) is 6.54 Å². The Morgan fingerprint density at radius 3 is 2.86 bits per heavy atom. The molecule has 0 N–H and O–H groups in total. The summed E-state index contributed by atoms with van der Waals surface area (Å²) in [7, 11) is 4.11. The molecule has 4 heteroatoms. The summed E-state index contributed by atoms with van der Waals surface area (Å²) >= 11 is 6.08. The first-order valence-electron chi connectivity index (χ1n) is 5.05. The van der Waals surface area contributed by atoms with Gasteiger partial charge in [-0.2, -0.15) is 5.10 Å². The van der Waals surface area contributed by atoms with Crippen molar-refractivity contribution >= 4 is 11.6 Å². The van der Waals surface area contributed by atoms with E-state index in [9.17, 15) is 0 Å². The highest BCUT2D eigenvalue weighted by molar-refractivity contribution is 6.29. The van der Waals surface area contributed by atoms with Crippen molar-refractivity contribution in [3.05, 3.63) is 16.9 Å². The summed E-state index contributed by atoms with van der Waals surface area (Å²) in [5, 5.41) is 5.27. The van der Waals surface area contributed by atoms with Crippen molar-refractivity contribution in [3.63, 3.8) is 0 Å². The number of hydrogen-bond acceptors (Lipinski definition) is 2. The lowest BCUT2D eigenvalue weighted by molar-refractivity contribution is 0.372. The Labute approximate surface area is 89.7 Å².